The van der Waals surface area contributed by atoms with E-state index in [2.05, 4.69) is 15.6 Å². The molecule has 8 heteroatoms. The molecule has 0 fully saturated rings. The van der Waals surface area contributed by atoms with Crippen molar-refractivity contribution in [1.29, 1.82) is 0 Å². The number of aromatic nitrogens is 1. The molecule has 2 amide bonds. The third-order valence-electron chi connectivity index (χ3n) is 3.98. The summed E-state index contributed by atoms with van der Waals surface area (Å²) in [4.78, 5) is 38.6. The van der Waals surface area contributed by atoms with E-state index in [1.807, 2.05) is 36.5 Å². The van der Waals surface area contributed by atoms with Crippen molar-refractivity contribution in [2.75, 3.05) is 10.6 Å². The molecule has 0 saturated heterocycles. The van der Waals surface area contributed by atoms with Gasteiger partial charge in [0.15, 0.2) is 0 Å². The topological polar surface area (TPSA) is 111 Å². The van der Waals surface area contributed by atoms with Crippen molar-refractivity contribution in [2.24, 2.45) is 0 Å². The number of H-pyrrole nitrogens is 1. The van der Waals surface area contributed by atoms with Crippen LogP contribution in [0.5, 0.6) is 0 Å². The molecule has 0 spiro atoms. The number of aromatic amines is 1. The van der Waals surface area contributed by atoms with E-state index in [1.54, 1.807) is 25.1 Å². The van der Waals surface area contributed by atoms with E-state index in [1.165, 1.54) is 11.8 Å². The van der Waals surface area contributed by atoms with Crippen LogP contribution in [0.15, 0.2) is 71.8 Å². The second-order valence-electron chi connectivity index (χ2n) is 6.22. The van der Waals surface area contributed by atoms with Gasteiger partial charge in [-0.25, -0.2) is 4.79 Å². The molecule has 1 heterocycles. The van der Waals surface area contributed by atoms with Gasteiger partial charge in [0.1, 0.15) is 0 Å². The molecule has 4 N–H and O–H groups in total. The number of carbonyl (C=O) groups excluding carboxylic acids is 2. The fourth-order valence-electron chi connectivity index (χ4n) is 2.61. The van der Waals surface area contributed by atoms with Gasteiger partial charge in [-0.05, 0) is 48.7 Å². The van der Waals surface area contributed by atoms with Crippen molar-refractivity contribution in [3.05, 3.63) is 66.9 Å². The van der Waals surface area contributed by atoms with Crippen LogP contribution in [0.4, 0.5) is 11.4 Å². The molecule has 148 valence electrons. The Morgan fingerprint density at radius 2 is 1.83 bits per heavy atom. The zero-order valence-electron chi connectivity index (χ0n) is 15.5. The fraction of sp³-hybridized carbons (Fsp3) is 0.0952. The first-order valence-electron chi connectivity index (χ1n) is 8.77. The lowest BCUT2D eigenvalue weighted by molar-refractivity contribution is -0.131. The van der Waals surface area contributed by atoms with E-state index in [4.69, 9.17) is 5.11 Å². The number of benzene rings is 2. The molecule has 1 atom stereocenters. The lowest BCUT2D eigenvalue weighted by Crippen LogP contribution is -2.22. The van der Waals surface area contributed by atoms with Gasteiger partial charge < -0.3 is 20.7 Å². The van der Waals surface area contributed by atoms with Crippen molar-refractivity contribution in [2.45, 2.75) is 17.1 Å². The Bertz CT molecular complexity index is 1090. The number of rotatable bonds is 7. The summed E-state index contributed by atoms with van der Waals surface area (Å²) in [5.41, 5.74) is 2.17. The zero-order valence-corrected chi connectivity index (χ0v) is 16.3. The molecule has 3 aromatic rings. The predicted molar refractivity (Wildman–Crippen MR) is 114 cm³/mol. The van der Waals surface area contributed by atoms with E-state index in [9.17, 15) is 14.4 Å². The van der Waals surface area contributed by atoms with Crippen molar-refractivity contribution in [3.8, 4) is 0 Å². The lowest BCUT2D eigenvalue weighted by Gasteiger charge is -2.13. The highest BCUT2D eigenvalue weighted by Crippen LogP contribution is 2.27. The van der Waals surface area contributed by atoms with Crippen LogP contribution in [-0.4, -0.2) is 33.1 Å². The zero-order chi connectivity index (χ0) is 20.8. The molecule has 2 aromatic carbocycles. The molecule has 7 nitrogen and oxygen atoms in total. The molecule has 0 radical (unpaired) electrons. The molecular weight excluding hydrogens is 390 g/mol. The van der Waals surface area contributed by atoms with Crippen LogP contribution in [0.25, 0.3) is 10.9 Å². The van der Waals surface area contributed by atoms with Gasteiger partial charge in [0.05, 0.1) is 5.25 Å². The van der Waals surface area contributed by atoms with E-state index < -0.39 is 11.9 Å². The summed E-state index contributed by atoms with van der Waals surface area (Å²) < 4.78 is 0. The monoisotopic (exact) mass is 409 g/mol. The van der Waals surface area contributed by atoms with Gasteiger partial charge in [-0.3, -0.25) is 9.59 Å². The van der Waals surface area contributed by atoms with Crippen LogP contribution >= 0.6 is 11.8 Å². The second kappa shape index (κ2) is 9.11. The first-order chi connectivity index (χ1) is 13.9. The third kappa shape index (κ3) is 5.73. The van der Waals surface area contributed by atoms with Gasteiger partial charge in [0.2, 0.25) is 11.8 Å². The number of aliphatic carboxylic acids is 1. The molecule has 29 heavy (non-hydrogen) atoms. The first kappa shape index (κ1) is 20.2. The summed E-state index contributed by atoms with van der Waals surface area (Å²) in [6.07, 6.45) is 3.56. The molecule has 0 saturated carbocycles. The summed E-state index contributed by atoms with van der Waals surface area (Å²) in [6.45, 7) is 1.80. The number of fused-ring (bicyclic) bond motifs is 1. The Morgan fingerprint density at radius 3 is 2.62 bits per heavy atom. The van der Waals surface area contributed by atoms with Crippen LogP contribution in [0.1, 0.15) is 6.92 Å². The fourth-order valence-corrected chi connectivity index (χ4v) is 3.53. The second-order valence-corrected chi connectivity index (χ2v) is 7.63. The Labute approximate surface area is 171 Å². The summed E-state index contributed by atoms with van der Waals surface area (Å²) in [5, 5.41) is 14.8. The number of thioether (sulfide) groups is 1. The number of anilines is 2. The maximum Gasteiger partial charge on any atom is 0.328 e. The molecule has 0 aliphatic rings. The smallest absolute Gasteiger partial charge is 0.328 e. The summed E-state index contributed by atoms with van der Waals surface area (Å²) >= 11 is 1.35. The highest BCUT2D eigenvalue weighted by atomic mass is 32.2. The van der Waals surface area contributed by atoms with Crippen LogP contribution in [0.3, 0.4) is 0 Å². The minimum atomic E-state index is -1.19. The minimum Gasteiger partial charge on any atom is -0.478 e. The van der Waals surface area contributed by atoms with Gasteiger partial charge in [-0.1, -0.05) is 12.1 Å². The number of hydrogen-bond donors (Lipinski definition) is 4. The highest BCUT2D eigenvalue weighted by Gasteiger charge is 2.15. The summed E-state index contributed by atoms with van der Waals surface area (Å²) in [5.74, 6) is -1.88. The van der Waals surface area contributed by atoms with Gasteiger partial charge in [-0.2, -0.15) is 0 Å². The molecular formula is C21H19N3O4S. The van der Waals surface area contributed by atoms with Gasteiger partial charge in [-0.15, -0.1) is 11.8 Å². The van der Waals surface area contributed by atoms with Crippen molar-refractivity contribution < 1.29 is 19.5 Å². The van der Waals surface area contributed by atoms with Gasteiger partial charge in [0, 0.05) is 40.1 Å². The van der Waals surface area contributed by atoms with Gasteiger partial charge in [0.25, 0.3) is 0 Å². The minimum absolute atomic E-state index is 0.139. The average molecular weight is 409 g/mol. The molecule has 0 bridgehead atoms. The molecule has 1 unspecified atom stereocenters. The average Bonchev–Trinajstić information content (AvgIpc) is 3.14. The SMILES string of the molecule is CC(Sc1cccc(NC(=O)/C=C/C(=O)O)c1)C(=O)Nc1ccc2cc[nH]c2c1. The molecule has 3 rings (SSSR count). The summed E-state index contributed by atoms with van der Waals surface area (Å²) in [6, 6.07) is 14.6. The number of nitrogens with one attached hydrogen (secondary N) is 3. The van der Waals surface area contributed by atoms with Crippen LogP contribution in [-0.2, 0) is 14.4 Å². The third-order valence-corrected chi connectivity index (χ3v) is 5.08. The van der Waals surface area contributed by atoms with Crippen molar-refractivity contribution >= 4 is 51.8 Å². The van der Waals surface area contributed by atoms with E-state index in [-0.39, 0.29) is 11.2 Å². The van der Waals surface area contributed by atoms with Crippen molar-refractivity contribution in [3.63, 3.8) is 0 Å². The van der Waals surface area contributed by atoms with E-state index in [0.717, 1.165) is 28.0 Å². The summed E-state index contributed by atoms with van der Waals surface area (Å²) in [7, 11) is 0. The van der Waals surface area contributed by atoms with Gasteiger partial charge >= 0.3 is 5.97 Å². The Morgan fingerprint density at radius 1 is 1.03 bits per heavy atom. The standard InChI is InChI=1S/C21H19N3O4S/c1-13(21(28)24-16-6-5-14-9-10-22-18(14)12-16)29-17-4-2-3-15(11-17)23-19(25)7-8-20(26)27/h2-13,22H,1H3,(H,23,25)(H,24,28)(H,26,27)/b8-7+. The number of carboxylic acid groups (broad SMARTS) is 1. The quantitative estimate of drug-likeness (QED) is 0.350. The Hall–Kier alpha value is -3.52. The maximum atomic E-state index is 12.5. The molecule has 1 aromatic heterocycles. The highest BCUT2D eigenvalue weighted by molar-refractivity contribution is 8.00. The Kier molecular flexibility index (Phi) is 6.36. The van der Waals surface area contributed by atoms with Crippen molar-refractivity contribution in [1.82, 2.24) is 4.98 Å². The van der Waals surface area contributed by atoms with E-state index >= 15 is 0 Å². The van der Waals surface area contributed by atoms with Crippen LogP contribution in [0, 0.1) is 0 Å². The normalized spacial score (nSPS) is 12.0. The van der Waals surface area contributed by atoms with Crippen LogP contribution < -0.4 is 10.6 Å². The maximum absolute atomic E-state index is 12.5. The predicted octanol–water partition coefficient (Wildman–Crippen LogP) is 3.87. The molecule has 0 aliphatic heterocycles. The largest absolute Gasteiger partial charge is 0.478 e. The molecule has 0 aliphatic carbocycles. The number of carbonyl (C=O) groups is 3. The van der Waals surface area contributed by atoms with E-state index in [0.29, 0.717) is 11.4 Å². The first-order valence-corrected chi connectivity index (χ1v) is 9.65. The number of hydrogen-bond acceptors (Lipinski definition) is 4. The number of amides is 2. The number of carboxylic acids is 1. The Balaban J connectivity index is 1.60. The van der Waals surface area contributed by atoms with Crippen LogP contribution in [0.2, 0.25) is 0 Å². The lowest BCUT2D eigenvalue weighted by atomic mass is 10.2.